The van der Waals surface area contributed by atoms with E-state index in [4.69, 9.17) is 0 Å². The van der Waals surface area contributed by atoms with Crippen LogP contribution in [0.2, 0.25) is 0 Å². The Kier molecular flexibility index (Phi) is 6.51. The number of halogens is 1. The van der Waals surface area contributed by atoms with Crippen LogP contribution in [0.5, 0.6) is 0 Å². The van der Waals surface area contributed by atoms with Gasteiger partial charge in [-0.1, -0.05) is 6.07 Å². The molecule has 0 amide bonds. The van der Waals surface area contributed by atoms with E-state index in [9.17, 15) is 0 Å². The molecular formula is C10H9ClZr. The average Bonchev–Trinajstić information content (AvgIpc) is 2.55. The summed E-state index contributed by atoms with van der Waals surface area (Å²) in [6, 6.07) is 14.7. The van der Waals surface area contributed by atoms with Crippen LogP contribution in [0.4, 0.5) is 0 Å². The molecule has 0 aromatic heterocycles. The zero-order chi connectivity index (χ0) is 8.10. The summed E-state index contributed by atoms with van der Waals surface area (Å²) in [6.07, 6.45) is 2.72. The van der Waals surface area contributed by atoms with Gasteiger partial charge in [0.1, 0.15) is 0 Å². The van der Waals surface area contributed by atoms with Crippen molar-refractivity contribution >= 4 is 22.4 Å². The molecule has 0 unspecified atom stereocenters. The summed E-state index contributed by atoms with van der Waals surface area (Å²) in [6.45, 7) is 0. The van der Waals surface area contributed by atoms with Crippen LogP contribution in [-0.2, 0) is 26.2 Å². The van der Waals surface area contributed by atoms with Crippen molar-refractivity contribution in [3.63, 3.8) is 0 Å². The van der Waals surface area contributed by atoms with Crippen LogP contribution in [0.25, 0.3) is 10.8 Å². The molecule has 0 bridgehead atoms. The van der Waals surface area contributed by atoms with Gasteiger partial charge in [0.25, 0.3) is 0 Å². The normalized spacial score (nSPS) is 8.17. The van der Waals surface area contributed by atoms with Gasteiger partial charge in [-0.2, -0.15) is 17.5 Å². The minimum Gasteiger partial charge on any atom is -0.352 e. The number of hydrogen-bond acceptors (Lipinski definition) is 0. The molecule has 0 spiro atoms. The third-order valence-corrected chi connectivity index (χ3v) is 1.55. The first-order chi connectivity index (χ1) is 5.47. The minimum absolute atomic E-state index is 0. The Bertz CT molecular complexity index is 284. The van der Waals surface area contributed by atoms with Crippen molar-refractivity contribution in [1.82, 2.24) is 0 Å². The molecule has 12 heavy (non-hydrogen) atoms. The second kappa shape index (κ2) is 6.51. The third-order valence-electron chi connectivity index (χ3n) is 1.55. The number of benzene rings is 1. The Morgan fingerprint density at radius 2 is 1.75 bits per heavy atom. The van der Waals surface area contributed by atoms with E-state index in [1.165, 1.54) is 10.8 Å². The summed E-state index contributed by atoms with van der Waals surface area (Å²) >= 11 is 4.39. The van der Waals surface area contributed by atoms with Crippen LogP contribution >= 0.6 is 11.6 Å². The Balaban J connectivity index is 0.000000378. The van der Waals surface area contributed by atoms with Gasteiger partial charge < -0.3 is 11.6 Å². The zero-order valence-corrected chi connectivity index (χ0v) is 9.84. The summed E-state index contributed by atoms with van der Waals surface area (Å²) in [5.74, 6) is 0. The van der Waals surface area contributed by atoms with Crippen LogP contribution in [0, 0.1) is 6.38 Å². The van der Waals surface area contributed by atoms with E-state index in [1.54, 1.807) is 0 Å². The van der Waals surface area contributed by atoms with E-state index in [2.05, 4.69) is 60.4 Å². The SMILES string of the molecule is [CH2-]Cl.[Zr+2].c1ccc2[cH-]ccc2c1. The molecule has 0 saturated heterocycles. The van der Waals surface area contributed by atoms with Crippen LogP contribution < -0.4 is 0 Å². The molecule has 0 heterocycles. The summed E-state index contributed by atoms with van der Waals surface area (Å²) in [4.78, 5) is 0. The fourth-order valence-corrected chi connectivity index (χ4v) is 1.07. The molecule has 2 rings (SSSR count). The molecule has 0 atom stereocenters. The fraction of sp³-hybridized carbons (Fsp3) is 0. The van der Waals surface area contributed by atoms with Crippen molar-refractivity contribution in [2.75, 3.05) is 0 Å². The van der Waals surface area contributed by atoms with Crippen molar-refractivity contribution in [3.05, 3.63) is 48.8 Å². The van der Waals surface area contributed by atoms with E-state index in [0.29, 0.717) is 0 Å². The predicted octanol–water partition coefficient (Wildman–Crippen LogP) is 3.57. The molecule has 0 nitrogen and oxygen atoms in total. The van der Waals surface area contributed by atoms with E-state index in [1.807, 2.05) is 0 Å². The summed E-state index contributed by atoms with van der Waals surface area (Å²) in [5.41, 5.74) is 0. The van der Waals surface area contributed by atoms with Gasteiger partial charge in [0.2, 0.25) is 0 Å². The first-order valence-electron chi connectivity index (χ1n) is 3.34. The van der Waals surface area contributed by atoms with Gasteiger partial charge in [-0.3, -0.25) is 6.38 Å². The quantitative estimate of drug-likeness (QED) is 0.632. The van der Waals surface area contributed by atoms with Crippen LogP contribution in [-0.4, -0.2) is 0 Å². The summed E-state index contributed by atoms with van der Waals surface area (Å²) < 4.78 is 0. The van der Waals surface area contributed by atoms with Gasteiger partial charge in [0, 0.05) is 0 Å². The number of hydrogen-bond donors (Lipinski definition) is 0. The standard InChI is InChI=1S/C9H7.CH2Cl.Zr/c1-2-5-9-7-3-6-8(9)4-1;1-2;/h1-7H;1H2;/q2*-1;+2. The monoisotopic (exact) mass is 254 g/mol. The van der Waals surface area contributed by atoms with E-state index >= 15 is 0 Å². The second-order valence-electron chi connectivity index (χ2n) is 2.15. The molecule has 2 aromatic carbocycles. The molecule has 2 aromatic rings. The maximum Gasteiger partial charge on any atom is 2.00 e. The van der Waals surface area contributed by atoms with Gasteiger partial charge in [0.15, 0.2) is 0 Å². The minimum atomic E-state index is 0. The molecule has 0 N–H and O–H groups in total. The maximum absolute atomic E-state index is 4.39. The van der Waals surface area contributed by atoms with E-state index in [0.717, 1.165) is 0 Å². The first kappa shape index (κ1) is 12.0. The Morgan fingerprint density at radius 3 is 2.42 bits per heavy atom. The van der Waals surface area contributed by atoms with Crippen molar-refractivity contribution in [2.45, 2.75) is 0 Å². The largest absolute Gasteiger partial charge is 2.00 e. The molecule has 60 valence electrons. The summed E-state index contributed by atoms with van der Waals surface area (Å²) in [7, 11) is 0. The van der Waals surface area contributed by atoms with Crippen LogP contribution in [0.3, 0.4) is 0 Å². The first-order valence-corrected chi connectivity index (χ1v) is 3.87. The third kappa shape index (κ3) is 2.80. The molecule has 0 radical (unpaired) electrons. The van der Waals surface area contributed by atoms with Crippen molar-refractivity contribution in [1.29, 1.82) is 0 Å². The average molecular weight is 256 g/mol. The van der Waals surface area contributed by atoms with Gasteiger partial charge in [-0.15, -0.1) is 29.7 Å². The second-order valence-corrected chi connectivity index (χ2v) is 2.15. The smallest absolute Gasteiger partial charge is 0.352 e. The van der Waals surface area contributed by atoms with E-state index < -0.39 is 0 Å². The fourth-order valence-electron chi connectivity index (χ4n) is 1.07. The van der Waals surface area contributed by atoms with E-state index in [-0.39, 0.29) is 26.2 Å². The Labute approximate surface area is 97.0 Å². The maximum atomic E-state index is 4.39. The molecule has 0 aliphatic rings. The molecule has 0 fully saturated rings. The molecule has 0 aliphatic heterocycles. The topological polar surface area (TPSA) is 0 Å². The molecular weight excluding hydrogens is 247 g/mol. The van der Waals surface area contributed by atoms with Crippen molar-refractivity contribution < 1.29 is 26.2 Å². The number of rotatable bonds is 0. The summed E-state index contributed by atoms with van der Waals surface area (Å²) in [5, 5.41) is 2.66. The molecule has 0 aliphatic carbocycles. The number of fused-ring (bicyclic) bond motifs is 1. The van der Waals surface area contributed by atoms with Crippen LogP contribution in [0.15, 0.2) is 42.5 Å². The molecule has 0 saturated carbocycles. The van der Waals surface area contributed by atoms with Crippen LogP contribution in [0.1, 0.15) is 0 Å². The van der Waals surface area contributed by atoms with Gasteiger partial charge in [-0.05, 0) is 0 Å². The Morgan fingerprint density at radius 1 is 1.08 bits per heavy atom. The zero-order valence-electron chi connectivity index (χ0n) is 6.63. The van der Waals surface area contributed by atoms with Gasteiger partial charge >= 0.3 is 26.2 Å². The van der Waals surface area contributed by atoms with Crippen molar-refractivity contribution in [3.8, 4) is 0 Å². The Hall–Kier alpha value is 0.00312. The molecule has 2 heteroatoms. The predicted molar refractivity (Wildman–Crippen MR) is 50.8 cm³/mol. The van der Waals surface area contributed by atoms with Crippen molar-refractivity contribution in [2.24, 2.45) is 0 Å². The van der Waals surface area contributed by atoms with Gasteiger partial charge in [-0.25, -0.2) is 0 Å². The van der Waals surface area contributed by atoms with Gasteiger partial charge in [0.05, 0.1) is 0 Å².